The van der Waals surface area contributed by atoms with E-state index in [2.05, 4.69) is 59.7 Å². The van der Waals surface area contributed by atoms with Crippen molar-refractivity contribution in [3.05, 3.63) is 29.3 Å². The topological polar surface area (TPSA) is 18.5 Å². The van der Waals surface area contributed by atoms with E-state index < -0.39 is 0 Å². The summed E-state index contributed by atoms with van der Waals surface area (Å²) in [6.45, 7) is 12.7. The van der Waals surface area contributed by atoms with Crippen molar-refractivity contribution in [3.8, 4) is 0 Å². The van der Waals surface area contributed by atoms with Crippen LogP contribution in [-0.4, -0.2) is 18.3 Å². The van der Waals surface area contributed by atoms with Crippen LogP contribution in [0.1, 0.15) is 45.7 Å². The molecule has 0 atom stereocenters. The van der Waals surface area contributed by atoms with Crippen molar-refractivity contribution >= 4 is 12.6 Å². The third-order valence-corrected chi connectivity index (χ3v) is 4.31. The SMILES string of the molecule is CCc1c(C)cccc1B1OC(C)(C)C(C)(C)O1. The Balaban J connectivity index is 2.38. The van der Waals surface area contributed by atoms with E-state index in [1.807, 2.05) is 0 Å². The summed E-state index contributed by atoms with van der Waals surface area (Å²) in [6, 6.07) is 6.34. The number of hydrogen-bond donors (Lipinski definition) is 0. The Morgan fingerprint density at radius 3 is 2.11 bits per heavy atom. The zero-order chi connectivity index (χ0) is 13.6. The molecule has 1 aromatic carbocycles. The molecular formula is C15H23BO2. The molecule has 1 heterocycles. The molecular weight excluding hydrogens is 223 g/mol. The zero-order valence-corrected chi connectivity index (χ0v) is 12.3. The largest absolute Gasteiger partial charge is 0.495 e. The monoisotopic (exact) mass is 246 g/mol. The Kier molecular flexibility index (Phi) is 3.33. The van der Waals surface area contributed by atoms with Crippen LogP contribution >= 0.6 is 0 Å². The molecule has 2 rings (SSSR count). The highest BCUT2D eigenvalue weighted by atomic mass is 16.7. The molecule has 1 fully saturated rings. The summed E-state index contributed by atoms with van der Waals surface area (Å²) in [6.07, 6.45) is 1.01. The molecule has 0 aliphatic carbocycles. The lowest BCUT2D eigenvalue weighted by Crippen LogP contribution is -2.41. The van der Waals surface area contributed by atoms with E-state index >= 15 is 0 Å². The van der Waals surface area contributed by atoms with Gasteiger partial charge in [-0.05, 0) is 57.6 Å². The molecule has 0 aromatic heterocycles. The Labute approximate surface area is 111 Å². The van der Waals surface area contributed by atoms with Gasteiger partial charge in [0.2, 0.25) is 0 Å². The fourth-order valence-corrected chi connectivity index (χ4v) is 2.40. The molecule has 0 unspecified atom stereocenters. The first-order valence-corrected chi connectivity index (χ1v) is 6.72. The predicted molar refractivity (Wildman–Crippen MR) is 76.3 cm³/mol. The highest BCUT2D eigenvalue weighted by Gasteiger charge is 2.52. The van der Waals surface area contributed by atoms with Crippen molar-refractivity contribution < 1.29 is 9.31 Å². The van der Waals surface area contributed by atoms with Gasteiger partial charge in [-0.1, -0.05) is 25.1 Å². The minimum absolute atomic E-state index is 0.246. The quantitative estimate of drug-likeness (QED) is 0.747. The van der Waals surface area contributed by atoms with Gasteiger partial charge in [-0.15, -0.1) is 0 Å². The van der Waals surface area contributed by atoms with Gasteiger partial charge in [0.1, 0.15) is 0 Å². The average molecular weight is 246 g/mol. The van der Waals surface area contributed by atoms with Gasteiger partial charge < -0.3 is 9.31 Å². The van der Waals surface area contributed by atoms with Crippen molar-refractivity contribution in [1.29, 1.82) is 0 Å². The Morgan fingerprint density at radius 1 is 1.06 bits per heavy atom. The summed E-state index contributed by atoms with van der Waals surface area (Å²) in [5.74, 6) is 0. The molecule has 18 heavy (non-hydrogen) atoms. The maximum atomic E-state index is 6.13. The fourth-order valence-electron chi connectivity index (χ4n) is 2.40. The maximum Gasteiger partial charge on any atom is 0.495 e. The Bertz CT molecular complexity index is 436. The fraction of sp³-hybridized carbons (Fsp3) is 0.600. The minimum atomic E-state index is -0.271. The Morgan fingerprint density at radius 2 is 1.61 bits per heavy atom. The molecule has 0 N–H and O–H groups in total. The van der Waals surface area contributed by atoms with Gasteiger partial charge in [-0.2, -0.15) is 0 Å². The van der Waals surface area contributed by atoms with Crippen LogP contribution in [0.5, 0.6) is 0 Å². The summed E-state index contributed by atoms with van der Waals surface area (Å²) in [4.78, 5) is 0. The first-order valence-electron chi connectivity index (χ1n) is 6.72. The average Bonchev–Trinajstić information content (AvgIpc) is 2.47. The lowest BCUT2D eigenvalue weighted by atomic mass is 9.74. The number of rotatable bonds is 2. The van der Waals surface area contributed by atoms with Crippen LogP contribution in [0.15, 0.2) is 18.2 Å². The van der Waals surface area contributed by atoms with Crippen molar-refractivity contribution in [2.75, 3.05) is 0 Å². The van der Waals surface area contributed by atoms with Crippen LogP contribution in [0.4, 0.5) is 0 Å². The maximum absolute atomic E-state index is 6.13. The van der Waals surface area contributed by atoms with Crippen molar-refractivity contribution in [2.24, 2.45) is 0 Å². The van der Waals surface area contributed by atoms with Crippen LogP contribution in [0.2, 0.25) is 0 Å². The minimum Gasteiger partial charge on any atom is -0.399 e. The lowest BCUT2D eigenvalue weighted by molar-refractivity contribution is 0.00578. The molecule has 0 radical (unpaired) electrons. The van der Waals surface area contributed by atoms with E-state index in [9.17, 15) is 0 Å². The van der Waals surface area contributed by atoms with Gasteiger partial charge in [-0.25, -0.2) is 0 Å². The van der Waals surface area contributed by atoms with Crippen LogP contribution in [0.3, 0.4) is 0 Å². The number of aryl methyl sites for hydroxylation is 1. The molecule has 0 bridgehead atoms. The van der Waals surface area contributed by atoms with E-state index in [0.717, 1.165) is 6.42 Å². The summed E-state index contributed by atoms with van der Waals surface area (Å²) in [5.41, 5.74) is 3.29. The van der Waals surface area contributed by atoms with E-state index in [0.29, 0.717) is 0 Å². The molecule has 0 spiro atoms. The van der Waals surface area contributed by atoms with Gasteiger partial charge in [0, 0.05) is 0 Å². The van der Waals surface area contributed by atoms with Crippen molar-refractivity contribution in [3.63, 3.8) is 0 Å². The number of benzene rings is 1. The molecule has 1 saturated heterocycles. The second kappa shape index (κ2) is 4.39. The molecule has 98 valence electrons. The molecule has 0 amide bonds. The summed E-state index contributed by atoms with van der Waals surface area (Å²) < 4.78 is 12.3. The smallest absolute Gasteiger partial charge is 0.399 e. The first kappa shape index (κ1) is 13.6. The van der Waals surface area contributed by atoms with Crippen molar-refractivity contribution in [2.45, 2.75) is 59.2 Å². The molecule has 0 saturated carbocycles. The van der Waals surface area contributed by atoms with Gasteiger partial charge in [0.05, 0.1) is 11.2 Å². The molecule has 3 heteroatoms. The molecule has 1 aromatic rings. The second-order valence-electron chi connectivity index (χ2n) is 6.08. The van der Waals surface area contributed by atoms with Crippen LogP contribution in [0.25, 0.3) is 0 Å². The lowest BCUT2D eigenvalue weighted by Gasteiger charge is -2.32. The predicted octanol–water partition coefficient (Wildman–Crippen LogP) is 2.86. The zero-order valence-electron chi connectivity index (χ0n) is 12.3. The van der Waals surface area contributed by atoms with Crippen LogP contribution < -0.4 is 5.46 Å². The highest BCUT2D eigenvalue weighted by Crippen LogP contribution is 2.36. The first-order chi connectivity index (χ1) is 8.28. The summed E-state index contributed by atoms with van der Waals surface area (Å²) in [5, 5.41) is 0. The third kappa shape index (κ3) is 2.10. The van der Waals surface area contributed by atoms with E-state index in [-0.39, 0.29) is 18.3 Å². The summed E-state index contributed by atoms with van der Waals surface area (Å²) in [7, 11) is -0.246. The van der Waals surface area contributed by atoms with E-state index in [4.69, 9.17) is 9.31 Å². The highest BCUT2D eigenvalue weighted by molar-refractivity contribution is 6.62. The van der Waals surface area contributed by atoms with Gasteiger partial charge in [0.25, 0.3) is 0 Å². The van der Waals surface area contributed by atoms with E-state index in [1.165, 1.54) is 16.6 Å². The van der Waals surface area contributed by atoms with Crippen LogP contribution in [-0.2, 0) is 15.7 Å². The third-order valence-electron chi connectivity index (χ3n) is 4.31. The van der Waals surface area contributed by atoms with Crippen LogP contribution in [0, 0.1) is 6.92 Å². The summed E-state index contributed by atoms with van der Waals surface area (Å²) >= 11 is 0. The second-order valence-corrected chi connectivity index (χ2v) is 6.08. The standard InChI is InChI=1S/C15H23BO2/c1-7-12-11(2)9-8-10-13(12)16-17-14(3,4)15(5,6)18-16/h8-10H,7H2,1-6H3. The van der Waals surface area contributed by atoms with Gasteiger partial charge in [-0.3, -0.25) is 0 Å². The number of hydrogen-bond acceptors (Lipinski definition) is 2. The molecule has 2 nitrogen and oxygen atoms in total. The van der Waals surface area contributed by atoms with Crippen molar-refractivity contribution in [1.82, 2.24) is 0 Å². The normalized spacial score (nSPS) is 21.3. The van der Waals surface area contributed by atoms with Gasteiger partial charge in [0.15, 0.2) is 0 Å². The molecule has 1 aliphatic heterocycles. The Hall–Kier alpha value is -0.795. The molecule has 1 aliphatic rings. The van der Waals surface area contributed by atoms with Gasteiger partial charge >= 0.3 is 7.12 Å². The van der Waals surface area contributed by atoms with E-state index in [1.54, 1.807) is 0 Å².